The molecule has 3 rings (SSSR count). The summed E-state index contributed by atoms with van der Waals surface area (Å²) in [4.78, 5) is 32.4. The number of fused-ring (bicyclic) bond motifs is 1. The Morgan fingerprint density at radius 2 is 1.88 bits per heavy atom. The highest BCUT2D eigenvalue weighted by Crippen LogP contribution is 2.36. The molecule has 0 spiro atoms. The van der Waals surface area contributed by atoms with Crippen LogP contribution >= 0.6 is 0 Å². The van der Waals surface area contributed by atoms with Crippen LogP contribution in [0.4, 0.5) is 19.0 Å². The standard InChI is InChI=1S/C23H22F3N3O3/c1-14(2)22(31)29-20-12-15(9-10-27-20)19(30)8-5-11-32-21-13-17(23(24,25)26)16-6-3-4-7-18(16)28-21/h3-4,6-7,9-10,12-14H,5,8,11H2,1-2H3,(H,27,29,31). The summed E-state index contributed by atoms with van der Waals surface area (Å²) in [7, 11) is 0. The molecule has 6 nitrogen and oxygen atoms in total. The average molecular weight is 445 g/mol. The summed E-state index contributed by atoms with van der Waals surface area (Å²) in [5.41, 5.74) is -0.259. The largest absolute Gasteiger partial charge is 0.478 e. The molecule has 0 aliphatic heterocycles. The fourth-order valence-electron chi connectivity index (χ4n) is 2.96. The molecule has 0 aliphatic rings. The molecule has 3 aromatic rings. The van der Waals surface area contributed by atoms with Crippen LogP contribution in [0.2, 0.25) is 0 Å². The molecule has 0 bridgehead atoms. The predicted octanol–water partition coefficient (Wildman–Crippen LogP) is 5.29. The van der Waals surface area contributed by atoms with Gasteiger partial charge in [0.15, 0.2) is 5.78 Å². The Morgan fingerprint density at radius 1 is 1.12 bits per heavy atom. The van der Waals surface area contributed by atoms with E-state index >= 15 is 0 Å². The zero-order valence-electron chi connectivity index (χ0n) is 17.6. The quantitative estimate of drug-likeness (QED) is 0.377. The third-order valence-electron chi connectivity index (χ3n) is 4.65. The van der Waals surface area contributed by atoms with Crippen LogP contribution in [0, 0.1) is 5.92 Å². The molecule has 32 heavy (non-hydrogen) atoms. The Labute approximate surface area is 182 Å². The molecule has 2 heterocycles. The number of carbonyl (C=O) groups is 2. The normalized spacial score (nSPS) is 11.6. The Kier molecular flexibility index (Phi) is 7.07. The molecule has 1 aromatic carbocycles. The van der Waals surface area contributed by atoms with E-state index < -0.39 is 11.7 Å². The number of nitrogens with one attached hydrogen (secondary N) is 1. The minimum absolute atomic E-state index is 0.000534. The number of hydrogen-bond donors (Lipinski definition) is 1. The van der Waals surface area contributed by atoms with Gasteiger partial charge in [0.05, 0.1) is 17.7 Å². The van der Waals surface area contributed by atoms with E-state index in [4.69, 9.17) is 4.74 Å². The molecular weight excluding hydrogens is 423 g/mol. The van der Waals surface area contributed by atoms with Crippen molar-refractivity contribution in [3.8, 4) is 5.88 Å². The lowest BCUT2D eigenvalue weighted by molar-refractivity contribution is -0.136. The lowest BCUT2D eigenvalue weighted by Crippen LogP contribution is -2.18. The molecule has 1 amide bonds. The Bertz CT molecular complexity index is 1130. The predicted molar refractivity (Wildman–Crippen MR) is 114 cm³/mol. The number of rotatable bonds is 8. The van der Waals surface area contributed by atoms with E-state index in [0.29, 0.717) is 5.56 Å². The third kappa shape index (κ3) is 5.81. The van der Waals surface area contributed by atoms with Crippen LogP contribution in [0.1, 0.15) is 42.6 Å². The van der Waals surface area contributed by atoms with Crippen LogP contribution in [-0.4, -0.2) is 28.3 Å². The molecular formula is C23H22F3N3O3. The minimum atomic E-state index is -4.54. The van der Waals surface area contributed by atoms with Gasteiger partial charge in [-0.15, -0.1) is 0 Å². The second-order valence-corrected chi connectivity index (χ2v) is 7.47. The van der Waals surface area contributed by atoms with E-state index in [0.717, 1.165) is 6.07 Å². The molecule has 0 atom stereocenters. The van der Waals surface area contributed by atoms with E-state index in [1.807, 2.05) is 0 Å². The highest BCUT2D eigenvalue weighted by atomic mass is 19.4. The Balaban J connectivity index is 1.60. The van der Waals surface area contributed by atoms with Crippen LogP contribution in [0.25, 0.3) is 10.9 Å². The molecule has 0 radical (unpaired) electrons. The van der Waals surface area contributed by atoms with Gasteiger partial charge in [-0.2, -0.15) is 13.2 Å². The maximum atomic E-state index is 13.4. The topological polar surface area (TPSA) is 81.2 Å². The molecule has 0 fully saturated rings. The van der Waals surface area contributed by atoms with Crippen LogP contribution in [0.3, 0.4) is 0 Å². The first-order valence-electron chi connectivity index (χ1n) is 10.0. The fraction of sp³-hybridized carbons (Fsp3) is 0.304. The van der Waals surface area contributed by atoms with E-state index in [9.17, 15) is 22.8 Å². The van der Waals surface area contributed by atoms with Crippen molar-refractivity contribution in [3.05, 3.63) is 59.8 Å². The lowest BCUT2D eigenvalue weighted by Gasteiger charge is -2.13. The summed E-state index contributed by atoms with van der Waals surface area (Å²) < 4.78 is 45.5. The molecule has 1 N–H and O–H groups in total. The summed E-state index contributed by atoms with van der Waals surface area (Å²) in [6.45, 7) is 3.51. The third-order valence-corrected chi connectivity index (χ3v) is 4.65. The van der Waals surface area contributed by atoms with Crippen molar-refractivity contribution in [2.45, 2.75) is 32.9 Å². The van der Waals surface area contributed by atoms with Gasteiger partial charge in [0, 0.05) is 35.6 Å². The van der Waals surface area contributed by atoms with Crippen molar-refractivity contribution in [2.75, 3.05) is 11.9 Å². The summed E-state index contributed by atoms with van der Waals surface area (Å²) in [5, 5.41) is 2.63. The number of pyridine rings is 2. The molecule has 168 valence electrons. The average Bonchev–Trinajstić information content (AvgIpc) is 2.75. The highest BCUT2D eigenvalue weighted by Gasteiger charge is 2.33. The van der Waals surface area contributed by atoms with E-state index in [1.54, 1.807) is 19.9 Å². The summed E-state index contributed by atoms with van der Waals surface area (Å²) in [6, 6.07) is 9.87. The van der Waals surface area contributed by atoms with Gasteiger partial charge in [-0.25, -0.2) is 9.97 Å². The van der Waals surface area contributed by atoms with Crippen LogP contribution in [-0.2, 0) is 11.0 Å². The second kappa shape index (κ2) is 9.76. The number of anilines is 1. The summed E-state index contributed by atoms with van der Waals surface area (Å²) in [5.74, 6) is -0.498. The fourth-order valence-corrected chi connectivity index (χ4v) is 2.96. The molecule has 2 aromatic heterocycles. The van der Waals surface area contributed by atoms with Gasteiger partial charge in [0.1, 0.15) is 5.82 Å². The highest BCUT2D eigenvalue weighted by molar-refractivity contribution is 5.98. The van der Waals surface area contributed by atoms with Gasteiger partial charge in [0.2, 0.25) is 11.8 Å². The number of alkyl halides is 3. The van der Waals surface area contributed by atoms with Crippen LogP contribution < -0.4 is 10.1 Å². The van der Waals surface area contributed by atoms with Crippen molar-refractivity contribution in [2.24, 2.45) is 5.92 Å². The Morgan fingerprint density at radius 3 is 2.59 bits per heavy atom. The number of benzene rings is 1. The number of para-hydroxylation sites is 1. The molecule has 0 saturated heterocycles. The lowest BCUT2D eigenvalue weighted by atomic mass is 10.1. The van der Waals surface area contributed by atoms with Gasteiger partial charge in [-0.3, -0.25) is 9.59 Å². The maximum absolute atomic E-state index is 13.4. The van der Waals surface area contributed by atoms with E-state index in [1.165, 1.54) is 36.5 Å². The number of halogens is 3. The molecule has 0 unspecified atom stereocenters. The number of ketones is 1. The number of ether oxygens (including phenoxy) is 1. The van der Waals surface area contributed by atoms with E-state index in [2.05, 4.69) is 15.3 Å². The number of amides is 1. The van der Waals surface area contributed by atoms with Gasteiger partial charge in [-0.1, -0.05) is 32.0 Å². The van der Waals surface area contributed by atoms with Crippen LogP contribution in [0.15, 0.2) is 48.7 Å². The monoisotopic (exact) mass is 445 g/mol. The summed E-state index contributed by atoms with van der Waals surface area (Å²) in [6.07, 6.45) is -2.72. The van der Waals surface area contributed by atoms with Crippen molar-refractivity contribution < 1.29 is 27.5 Å². The number of nitrogens with zero attached hydrogens (tertiary/aromatic N) is 2. The molecule has 9 heteroatoms. The van der Waals surface area contributed by atoms with Crippen molar-refractivity contribution in [1.82, 2.24) is 9.97 Å². The number of Topliss-reactive ketones (excluding diaryl/α,β-unsaturated/α-hetero) is 1. The minimum Gasteiger partial charge on any atom is -0.478 e. The number of carbonyl (C=O) groups excluding carboxylic acids is 2. The number of hydrogen-bond acceptors (Lipinski definition) is 5. The maximum Gasteiger partial charge on any atom is 0.417 e. The van der Waals surface area contributed by atoms with Crippen LogP contribution in [0.5, 0.6) is 5.88 Å². The van der Waals surface area contributed by atoms with Gasteiger partial charge >= 0.3 is 6.18 Å². The van der Waals surface area contributed by atoms with Crippen molar-refractivity contribution >= 4 is 28.4 Å². The zero-order valence-corrected chi connectivity index (χ0v) is 17.6. The van der Waals surface area contributed by atoms with Gasteiger partial charge < -0.3 is 10.1 Å². The van der Waals surface area contributed by atoms with Gasteiger partial charge in [0.25, 0.3) is 0 Å². The zero-order chi connectivity index (χ0) is 23.3. The number of aromatic nitrogens is 2. The van der Waals surface area contributed by atoms with Gasteiger partial charge in [-0.05, 0) is 24.6 Å². The van der Waals surface area contributed by atoms with Crippen molar-refractivity contribution in [3.63, 3.8) is 0 Å². The molecule has 0 saturated carbocycles. The Hall–Kier alpha value is -3.49. The smallest absolute Gasteiger partial charge is 0.417 e. The van der Waals surface area contributed by atoms with E-state index in [-0.39, 0.29) is 59.7 Å². The first-order valence-corrected chi connectivity index (χ1v) is 10.0. The molecule has 0 aliphatic carbocycles. The SMILES string of the molecule is CC(C)C(=O)Nc1cc(C(=O)CCCOc2cc(C(F)(F)F)c3ccccc3n2)ccn1. The summed E-state index contributed by atoms with van der Waals surface area (Å²) >= 11 is 0. The second-order valence-electron chi connectivity index (χ2n) is 7.47. The first kappa shape index (κ1) is 23.2. The first-order chi connectivity index (χ1) is 15.1. The van der Waals surface area contributed by atoms with Crippen molar-refractivity contribution in [1.29, 1.82) is 0 Å².